The average Bonchev–Trinajstić information content (AvgIpc) is 2.01. The van der Waals surface area contributed by atoms with Crippen LogP contribution in [-0.2, 0) is 58.5 Å². The summed E-state index contributed by atoms with van der Waals surface area (Å²) in [5, 5.41) is 27.6. The van der Waals surface area contributed by atoms with Crippen molar-refractivity contribution in [2.45, 2.75) is 79.3 Å². The molecule has 6 aromatic carbocycles. The van der Waals surface area contributed by atoms with Gasteiger partial charge in [0.15, 0.2) is 0 Å². The Kier molecular flexibility index (Phi) is 16.7. The maximum absolute atomic E-state index is 13.4. The number of carboxylic acid groups (broad SMARTS) is 1. The number of aromatic carboxylic acids is 1. The number of hydrogen-bond acceptors (Lipinski definition) is 12. The van der Waals surface area contributed by atoms with E-state index in [1.807, 2.05) is 99.6 Å². The van der Waals surface area contributed by atoms with Gasteiger partial charge in [0.25, 0.3) is 11.8 Å². The first-order chi connectivity index (χ1) is 42.7. The number of aromatic nitrogens is 9. The molecule has 19 heteroatoms. The van der Waals surface area contributed by atoms with E-state index < -0.39 is 5.97 Å². The van der Waals surface area contributed by atoms with Crippen molar-refractivity contribution in [3.05, 3.63) is 248 Å². The fourth-order valence-electron chi connectivity index (χ4n) is 12.3. The number of nitrogen functional groups attached to an aromatic ring is 3. The van der Waals surface area contributed by atoms with Gasteiger partial charge in [-0.2, -0.15) is 19.6 Å². The summed E-state index contributed by atoms with van der Waals surface area (Å²) in [6.45, 7) is 13.7. The zero-order valence-electron chi connectivity index (χ0n) is 49.6. The number of H-pyrrole nitrogens is 4. The Morgan fingerprint density at radius 3 is 1.41 bits per heavy atom. The molecule has 19 nitrogen and oxygen atoms in total. The Bertz CT molecular complexity index is 4470. The molecule has 0 fully saturated rings. The van der Waals surface area contributed by atoms with Gasteiger partial charge in [0, 0.05) is 125 Å². The molecule has 0 atom stereocenters. The van der Waals surface area contributed by atoms with Gasteiger partial charge >= 0.3 is 5.97 Å². The Morgan fingerprint density at radius 2 is 0.909 bits per heavy atom. The maximum atomic E-state index is 13.4. The Balaban J connectivity index is 0.000000120. The lowest BCUT2D eigenvalue weighted by molar-refractivity contribution is 0.0698. The number of hydrogen-bond donors (Lipinski definition) is 8. The normalized spacial score (nSPS) is 14.0. The molecule has 9 heterocycles. The number of aromatic amines is 4. The molecular formula is C69H71N15O4. The zero-order chi connectivity index (χ0) is 61.0. The SMILES string of the molecule is Cc1cc2c(C(=O)O)cccc2[nH]1.Cc1cc2c(C(=O)n3nc(N)c4c3CN(Cc3ccccc3)CC4)cccc2[nH]1.Cc1cc2c(C(=O)n3nc4c(c3N)CCN(Cc3ccccc3)C4)cccc2[nH]1.Nc1n[nH]c2c1CCN(Cc1ccccc1)C2. The summed E-state index contributed by atoms with van der Waals surface area (Å²) in [4.78, 5) is 54.3. The Labute approximate surface area is 508 Å². The van der Waals surface area contributed by atoms with Gasteiger partial charge < -0.3 is 37.3 Å². The molecule has 3 aliphatic rings. The van der Waals surface area contributed by atoms with Gasteiger partial charge in [-0.05, 0) is 111 Å². The minimum absolute atomic E-state index is 0.135. The highest BCUT2D eigenvalue weighted by Crippen LogP contribution is 2.31. The van der Waals surface area contributed by atoms with Crippen molar-refractivity contribution < 1.29 is 19.5 Å². The van der Waals surface area contributed by atoms with Crippen molar-refractivity contribution in [1.29, 1.82) is 0 Å². The maximum Gasteiger partial charge on any atom is 0.336 e. The van der Waals surface area contributed by atoms with Crippen molar-refractivity contribution in [3.63, 3.8) is 0 Å². The van der Waals surface area contributed by atoms with Crippen LogP contribution in [0.15, 0.2) is 164 Å². The van der Waals surface area contributed by atoms with E-state index in [1.165, 1.54) is 37.3 Å². The number of nitrogens with zero attached hydrogens (tertiary/aromatic N) is 8. The van der Waals surface area contributed by atoms with Gasteiger partial charge in [-0.25, -0.2) is 4.79 Å². The minimum Gasteiger partial charge on any atom is -0.478 e. The summed E-state index contributed by atoms with van der Waals surface area (Å²) in [7, 11) is 0. The number of rotatable bonds is 9. The van der Waals surface area contributed by atoms with Crippen molar-refractivity contribution in [1.82, 2.24) is 59.4 Å². The molecule has 12 aromatic rings. The lowest BCUT2D eigenvalue weighted by Gasteiger charge is -2.27. The van der Waals surface area contributed by atoms with Crippen LogP contribution in [0.25, 0.3) is 32.7 Å². The smallest absolute Gasteiger partial charge is 0.336 e. The van der Waals surface area contributed by atoms with Gasteiger partial charge in [0.2, 0.25) is 0 Å². The summed E-state index contributed by atoms with van der Waals surface area (Å²) in [5.41, 5.74) is 35.8. The zero-order valence-corrected chi connectivity index (χ0v) is 49.6. The molecule has 0 bridgehead atoms. The molecule has 0 amide bonds. The number of carbonyl (C=O) groups excluding carboxylic acids is 2. The Morgan fingerprint density at radius 1 is 0.477 bits per heavy atom. The first-order valence-electron chi connectivity index (χ1n) is 29.6. The van der Waals surface area contributed by atoms with Crippen molar-refractivity contribution >= 4 is 67.9 Å². The number of carbonyl (C=O) groups is 3. The van der Waals surface area contributed by atoms with Gasteiger partial charge in [-0.3, -0.25) is 29.4 Å². The second-order valence-corrected chi connectivity index (χ2v) is 22.9. The number of nitrogens with two attached hydrogens (primary N) is 3. The number of nitrogens with one attached hydrogen (secondary N) is 4. The number of benzene rings is 6. The third kappa shape index (κ3) is 12.5. The van der Waals surface area contributed by atoms with Crippen LogP contribution in [0.2, 0.25) is 0 Å². The molecule has 0 saturated heterocycles. The average molecular weight is 1170 g/mol. The molecule has 446 valence electrons. The number of carboxylic acids is 1. The second-order valence-electron chi connectivity index (χ2n) is 22.9. The lowest BCUT2D eigenvalue weighted by atomic mass is 10.0. The first-order valence-corrected chi connectivity index (χ1v) is 29.6. The van der Waals surface area contributed by atoms with Gasteiger partial charge in [0.1, 0.15) is 17.5 Å². The van der Waals surface area contributed by atoms with Crippen molar-refractivity contribution in [2.24, 2.45) is 0 Å². The summed E-state index contributed by atoms with van der Waals surface area (Å²) in [6, 6.07) is 53.8. The lowest BCUT2D eigenvalue weighted by Crippen LogP contribution is -2.32. The van der Waals surface area contributed by atoms with Crippen molar-refractivity contribution in [3.8, 4) is 0 Å². The highest BCUT2D eigenvalue weighted by atomic mass is 16.4. The van der Waals surface area contributed by atoms with Crippen LogP contribution in [0.4, 0.5) is 17.5 Å². The molecule has 11 N–H and O–H groups in total. The van der Waals surface area contributed by atoms with Crippen LogP contribution >= 0.6 is 0 Å². The largest absolute Gasteiger partial charge is 0.478 e. The van der Waals surface area contributed by atoms with E-state index in [-0.39, 0.29) is 11.8 Å². The van der Waals surface area contributed by atoms with E-state index in [0.29, 0.717) is 47.2 Å². The molecule has 3 aliphatic heterocycles. The van der Waals surface area contributed by atoms with Gasteiger partial charge in [0.05, 0.1) is 33.8 Å². The highest BCUT2D eigenvalue weighted by Gasteiger charge is 2.30. The molecule has 0 saturated carbocycles. The van der Waals surface area contributed by atoms with Crippen molar-refractivity contribution in [2.75, 3.05) is 36.8 Å². The highest BCUT2D eigenvalue weighted by molar-refractivity contribution is 6.09. The molecule has 0 radical (unpaired) electrons. The predicted molar refractivity (Wildman–Crippen MR) is 345 cm³/mol. The van der Waals surface area contributed by atoms with Crippen LogP contribution in [0.5, 0.6) is 0 Å². The standard InChI is InChI=1S/2C23H23N5O.C13H16N4.C10H9NO2/c1-15-12-19-17(8-5-9-20(19)25-15)23(29)28-21-14-27(11-10-18(21)22(24)26-28)13-16-6-3-2-4-7-16;1-15-12-19-17(8-5-9-20(19)25-15)23(29)28-22(24)18-10-11-27(14-21(18)26-28)13-16-6-3-2-4-7-16;14-13-11-6-7-17(9-12(11)15-16-13)8-10-4-2-1-3-5-10;1-6-5-8-7(10(12)13)3-2-4-9(8)11-6/h2-9,12,25H,10-11,13-14H2,1H3,(H2,24,26);2-9,12,25H,10-11,13-14,24H2,1H3;1-5H,6-9H2,(H3,14,15,16);2-5,11H,1H3,(H,12,13). The number of fused-ring (bicyclic) bond motifs is 6. The first kappa shape index (κ1) is 58.1. The third-order valence-electron chi connectivity index (χ3n) is 16.6. The molecule has 0 aliphatic carbocycles. The third-order valence-corrected chi connectivity index (χ3v) is 16.6. The predicted octanol–water partition coefficient (Wildman–Crippen LogP) is 10.7. The molecule has 6 aromatic heterocycles. The summed E-state index contributed by atoms with van der Waals surface area (Å²) in [5.74, 6) is 0.392. The molecule has 0 spiro atoms. The fourth-order valence-corrected chi connectivity index (χ4v) is 12.3. The fraction of sp³-hybridized carbons (Fsp3) is 0.217. The number of aryl methyl sites for hydroxylation is 3. The van der Waals surface area contributed by atoms with E-state index in [9.17, 15) is 14.4 Å². The van der Waals surface area contributed by atoms with Crippen LogP contribution < -0.4 is 17.2 Å². The van der Waals surface area contributed by atoms with E-state index >= 15 is 0 Å². The topological polar surface area (TPSA) is 271 Å². The van der Waals surface area contributed by atoms with Gasteiger partial charge in [-0.15, -0.1) is 5.10 Å². The molecule has 88 heavy (non-hydrogen) atoms. The van der Waals surface area contributed by atoms with Crippen LogP contribution in [0.3, 0.4) is 0 Å². The summed E-state index contributed by atoms with van der Waals surface area (Å²) >= 11 is 0. The van der Waals surface area contributed by atoms with Crippen LogP contribution in [0.1, 0.15) is 98.6 Å². The van der Waals surface area contributed by atoms with E-state index in [0.717, 1.165) is 137 Å². The summed E-state index contributed by atoms with van der Waals surface area (Å²) in [6.07, 6.45) is 2.59. The molecular weight excluding hydrogens is 1100 g/mol. The van der Waals surface area contributed by atoms with Crippen LogP contribution in [0, 0.1) is 20.8 Å². The summed E-state index contributed by atoms with van der Waals surface area (Å²) < 4.78 is 2.90. The van der Waals surface area contributed by atoms with Gasteiger partial charge in [-0.1, -0.05) is 109 Å². The quantitative estimate of drug-likeness (QED) is 0.0669. The molecule has 15 rings (SSSR count). The van der Waals surface area contributed by atoms with E-state index in [4.69, 9.17) is 22.3 Å². The van der Waals surface area contributed by atoms with E-state index in [1.54, 1.807) is 12.1 Å². The minimum atomic E-state index is -0.885. The molecule has 0 unspecified atom stereocenters. The second kappa shape index (κ2) is 25.3. The van der Waals surface area contributed by atoms with E-state index in [2.05, 4.69) is 123 Å². The number of anilines is 3. The van der Waals surface area contributed by atoms with Crippen LogP contribution in [-0.4, -0.2) is 102 Å². The Hall–Kier alpha value is -10.3. The monoisotopic (exact) mass is 1170 g/mol.